The summed E-state index contributed by atoms with van der Waals surface area (Å²) in [6, 6.07) is 0. The Bertz CT molecular complexity index is 552. The van der Waals surface area contributed by atoms with Gasteiger partial charge in [-0.05, 0) is 12.8 Å². The highest BCUT2D eigenvalue weighted by Crippen LogP contribution is 2.23. The smallest absolute Gasteiger partial charge is 0.232 e. The summed E-state index contributed by atoms with van der Waals surface area (Å²) in [5.41, 5.74) is 0.570. The van der Waals surface area contributed by atoms with Gasteiger partial charge in [-0.3, -0.25) is 8.61 Å². The van der Waals surface area contributed by atoms with Gasteiger partial charge in [-0.15, -0.1) is 0 Å². The van der Waals surface area contributed by atoms with Gasteiger partial charge in [0.1, 0.15) is 0 Å². The molecule has 1 aliphatic heterocycles. The van der Waals surface area contributed by atoms with Crippen LogP contribution >= 0.6 is 0 Å². The van der Waals surface area contributed by atoms with E-state index in [1.165, 1.54) is 14.8 Å². The van der Waals surface area contributed by atoms with Crippen LogP contribution in [0.25, 0.3) is 0 Å². The minimum atomic E-state index is -3.34. The maximum atomic E-state index is 11.8. The molecule has 0 spiro atoms. The Hall–Kier alpha value is -0.760. The maximum absolute atomic E-state index is 11.8. The van der Waals surface area contributed by atoms with Crippen LogP contribution in [-0.4, -0.2) is 51.0 Å². The number of hydrogen-bond donors (Lipinski definition) is 0. The van der Waals surface area contributed by atoms with Gasteiger partial charge in [0.2, 0.25) is 20.0 Å². The summed E-state index contributed by atoms with van der Waals surface area (Å²) in [5, 5.41) is 0. The SMILES string of the molecule is CCCCCCC1=CN(S(C)(=O)=O)CCN1S(C)(=O)=O. The van der Waals surface area contributed by atoms with Gasteiger partial charge >= 0.3 is 0 Å². The van der Waals surface area contributed by atoms with Gasteiger partial charge < -0.3 is 0 Å². The molecule has 8 heteroatoms. The summed E-state index contributed by atoms with van der Waals surface area (Å²) in [7, 11) is -6.67. The first-order chi connectivity index (χ1) is 9.16. The Balaban J connectivity index is 2.90. The van der Waals surface area contributed by atoms with E-state index in [2.05, 4.69) is 6.92 Å². The van der Waals surface area contributed by atoms with E-state index in [-0.39, 0.29) is 13.1 Å². The first kappa shape index (κ1) is 17.3. The average molecular weight is 324 g/mol. The van der Waals surface area contributed by atoms with Crippen molar-refractivity contribution < 1.29 is 16.8 Å². The number of rotatable bonds is 7. The highest BCUT2D eigenvalue weighted by Gasteiger charge is 2.27. The minimum Gasteiger partial charge on any atom is -0.274 e. The molecule has 6 nitrogen and oxygen atoms in total. The van der Waals surface area contributed by atoms with Crippen LogP contribution < -0.4 is 0 Å². The number of nitrogens with zero attached hydrogens (tertiary/aromatic N) is 2. The normalized spacial score (nSPS) is 17.2. The lowest BCUT2D eigenvalue weighted by Gasteiger charge is -2.33. The highest BCUT2D eigenvalue weighted by molar-refractivity contribution is 7.88. The molecule has 0 aromatic carbocycles. The molecule has 0 aromatic rings. The van der Waals surface area contributed by atoms with Crippen molar-refractivity contribution in [2.24, 2.45) is 0 Å². The topological polar surface area (TPSA) is 74.8 Å². The molecular weight excluding hydrogens is 300 g/mol. The summed E-state index contributed by atoms with van der Waals surface area (Å²) in [6.07, 6.45) is 8.42. The summed E-state index contributed by atoms with van der Waals surface area (Å²) < 4.78 is 49.2. The molecule has 0 aliphatic carbocycles. The summed E-state index contributed by atoms with van der Waals surface area (Å²) >= 11 is 0. The quantitative estimate of drug-likeness (QED) is 0.662. The van der Waals surface area contributed by atoms with Crippen LogP contribution in [0.3, 0.4) is 0 Å². The van der Waals surface area contributed by atoms with Gasteiger partial charge in [0.25, 0.3) is 0 Å². The fourth-order valence-electron chi connectivity index (χ4n) is 2.19. The molecule has 1 heterocycles. The molecule has 0 saturated carbocycles. The van der Waals surface area contributed by atoms with Crippen molar-refractivity contribution in [2.45, 2.75) is 39.0 Å². The molecule has 0 unspecified atom stereocenters. The van der Waals surface area contributed by atoms with Crippen LogP contribution in [0.4, 0.5) is 0 Å². The highest BCUT2D eigenvalue weighted by atomic mass is 32.2. The zero-order valence-electron chi connectivity index (χ0n) is 12.4. The average Bonchev–Trinajstić information content (AvgIpc) is 2.32. The number of hydrogen-bond acceptors (Lipinski definition) is 4. The van der Waals surface area contributed by atoms with Crippen LogP contribution in [0.15, 0.2) is 11.9 Å². The molecule has 0 saturated heterocycles. The van der Waals surface area contributed by atoms with E-state index in [0.717, 1.165) is 38.2 Å². The molecule has 0 radical (unpaired) electrons. The van der Waals surface area contributed by atoms with E-state index < -0.39 is 20.0 Å². The van der Waals surface area contributed by atoms with Gasteiger partial charge in [0.15, 0.2) is 0 Å². The second kappa shape index (κ2) is 6.80. The predicted octanol–water partition coefficient (Wildman–Crippen LogP) is 1.34. The van der Waals surface area contributed by atoms with Crippen LogP contribution in [0.1, 0.15) is 39.0 Å². The molecule has 20 heavy (non-hydrogen) atoms. The number of sulfonamides is 2. The Morgan fingerprint density at radius 1 is 1.00 bits per heavy atom. The third-order valence-corrected chi connectivity index (χ3v) is 5.61. The minimum absolute atomic E-state index is 0.171. The Morgan fingerprint density at radius 2 is 1.65 bits per heavy atom. The maximum Gasteiger partial charge on any atom is 0.232 e. The molecule has 118 valence electrons. The second-order valence-electron chi connectivity index (χ2n) is 5.14. The van der Waals surface area contributed by atoms with Crippen molar-refractivity contribution in [3.63, 3.8) is 0 Å². The van der Waals surface area contributed by atoms with Gasteiger partial charge in [-0.1, -0.05) is 26.2 Å². The van der Waals surface area contributed by atoms with E-state index >= 15 is 0 Å². The molecule has 1 rings (SSSR count). The molecule has 1 aliphatic rings. The fraction of sp³-hybridized carbons (Fsp3) is 0.833. The molecule has 0 N–H and O–H groups in total. The van der Waals surface area contributed by atoms with Crippen LogP contribution in [0.5, 0.6) is 0 Å². The van der Waals surface area contributed by atoms with Crippen molar-refractivity contribution in [1.82, 2.24) is 8.61 Å². The first-order valence-electron chi connectivity index (χ1n) is 6.81. The monoisotopic (exact) mass is 324 g/mol. The van der Waals surface area contributed by atoms with Crippen molar-refractivity contribution in [3.05, 3.63) is 11.9 Å². The standard InChI is InChI=1S/C12H24N2O4S2/c1-4-5-6-7-8-12-11-13(19(2,15)16)9-10-14(12)20(3,17)18/h11H,4-10H2,1-3H3. The molecule has 0 fully saturated rings. The summed E-state index contributed by atoms with van der Waals surface area (Å²) in [5.74, 6) is 0. The lowest BCUT2D eigenvalue weighted by Crippen LogP contribution is -2.42. The van der Waals surface area contributed by atoms with E-state index in [4.69, 9.17) is 0 Å². The van der Waals surface area contributed by atoms with Gasteiger partial charge in [-0.2, -0.15) is 0 Å². The summed E-state index contributed by atoms with van der Waals surface area (Å²) in [6.45, 7) is 2.46. The van der Waals surface area contributed by atoms with Gasteiger partial charge in [0.05, 0.1) is 25.6 Å². The molecular formula is C12H24N2O4S2. The Labute approximate surface area is 122 Å². The summed E-state index contributed by atoms with van der Waals surface area (Å²) in [4.78, 5) is 0. The third-order valence-electron chi connectivity index (χ3n) is 3.25. The van der Waals surface area contributed by atoms with Crippen molar-refractivity contribution in [1.29, 1.82) is 0 Å². The van der Waals surface area contributed by atoms with E-state index in [1.807, 2.05) is 0 Å². The van der Waals surface area contributed by atoms with Gasteiger partial charge in [0, 0.05) is 11.9 Å². The van der Waals surface area contributed by atoms with Crippen molar-refractivity contribution in [3.8, 4) is 0 Å². The van der Waals surface area contributed by atoms with E-state index in [0.29, 0.717) is 12.1 Å². The number of unbranched alkanes of at least 4 members (excludes halogenated alkanes) is 3. The van der Waals surface area contributed by atoms with Crippen LogP contribution in [0.2, 0.25) is 0 Å². The molecule has 0 aromatic heterocycles. The van der Waals surface area contributed by atoms with Crippen LogP contribution in [0, 0.1) is 0 Å². The largest absolute Gasteiger partial charge is 0.274 e. The Kier molecular flexibility index (Phi) is 5.88. The molecule has 0 amide bonds. The van der Waals surface area contributed by atoms with Crippen LogP contribution in [-0.2, 0) is 20.0 Å². The number of allylic oxidation sites excluding steroid dienone is 1. The van der Waals surface area contributed by atoms with Crippen molar-refractivity contribution in [2.75, 3.05) is 25.6 Å². The fourth-order valence-corrected chi connectivity index (χ4v) is 3.89. The predicted molar refractivity (Wildman–Crippen MR) is 79.9 cm³/mol. The third kappa shape index (κ3) is 4.97. The zero-order chi connectivity index (χ0) is 15.4. The van der Waals surface area contributed by atoms with E-state index in [9.17, 15) is 16.8 Å². The van der Waals surface area contributed by atoms with E-state index in [1.54, 1.807) is 0 Å². The first-order valence-corrected chi connectivity index (χ1v) is 10.5. The van der Waals surface area contributed by atoms with Crippen molar-refractivity contribution >= 4 is 20.0 Å². The van der Waals surface area contributed by atoms with Gasteiger partial charge in [-0.25, -0.2) is 16.8 Å². The lowest BCUT2D eigenvalue weighted by atomic mass is 10.1. The Morgan fingerprint density at radius 3 is 2.15 bits per heavy atom. The zero-order valence-corrected chi connectivity index (χ0v) is 14.0. The lowest BCUT2D eigenvalue weighted by molar-refractivity contribution is 0.377. The molecule has 0 atom stereocenters. The molecule has 0 bridgehead atoms. The second-order valence-corrected chi connectivity index (χ2v) is 8.98.